The van der Waals surface area contributed by atoms with Gasteiger partial charge in [-0.1, -0.05) is 35.8 Å². The molecule has 0 spiro atoms. The summed E-state index contributed by atoms with van der Waals surface area (Å²) in [6.07, 6.45) is 0.946. The Morgan fingerprint density at radius 1 is 1.00 bits per heavy atom. The van der Waals surface area contributed by atoms with E-state index in [0.717, 1.165) is 53.8 Å². The molecule has 0 saturated heterocycles. The number of nitrogens with one attached hydrogen (secondary N) is 1. The quantitative estimate of drug-likeness (QED) is 0.579. The van der Waals surface area contributed by atoms with E-state index in [0.29, 0.717) is 17.9 Å². The molecule has 7 heteroatoms. The van der Waals surface area contributed by atoms with Crippen LogP contribution in [0.1, 0.15) is 21.5 Å². The molecule has 0 saturated carbocycles. The van der Waals surface area contributed by atoms with Gasteiger partial charge in [0.05, 0.1) is 26.9 Å². The number of nitrogens with zero attached hydrogens (tertiary/aromatic N) is 1. The van der Waals surface area contributed by atoms with E-state index in [-0.39, 0.29) is 5.91 Å². The van der Waals surface area contributed by atoms with Crippen molar-refractivity contribution in [1.82, 2.24) is 10.2 Å². The van der Waals surface area contributed by atoms with Gasteiger partial charge < -0.3 is 19.5 Å². The second kappa shape index (κ2) is 9.53. The molecule has 0 atom stereocenters. The molecule has 0 bridgehead atoms. The van der Waals surface area contributed by atoms with E-state index in [1.54, 1.807) is 21.3 Å². The van der Waals surface area contributed by atoms with Crippen LogP contribution in [-0.2, 0) is 13.0 Å². The molecular weight excluding hydrogens is 403 g/mol. The highest BCUT2D eigenvalue weighted by molar-refractivity contribution is 6.39. The van der Waals surface area contributed by atoms with Crippen LogP contribution in [0.5, 0.6) is 17.2 Å². The Morgan fingerprint density at radius 2 is 1.69 bits per heavy atom. The molecule has 1 aliphatic heterocycles. The van der Waals surface area contributed by atoms with Crippen molar-refractivity contribution in [3.63, 3.8) is 0 Å². The third-order valence-corrected chi connectivity index (χ3v) is 6.16. The minimum absolute atomic E-state index is 0.112. The maximum atomic E-state index is 13.0. The summed E-state index contributed by atoms with van der Waals surface area (Å²) in [5.74, 6) is 2.03. The van der Waals surface area contributed by atoms with Crippen LogP contribution in [0.25, 0.3) is 10.8 Å². The van der Waals surface area contributed by atoms with Gasteiger partial charge in [0.1, 0.15) is 13.6 Å². The Bertz CT molecular complexity index is 1150. The summed E-state index contributed by atoms with van der Waals surface area (Å²) in [6.45, 7) is 3.10. The van der Waals surface area contributed by atoms with Gasteiger partial charge in [-0.25, -0.2) is 0 Å². The zero-order valence-corrected chi connectivity index (χ0v) is 19.2. The molecule has 3 aromatic rings. The highest BCUT2D eigenvalue weighted by Gasteiger charge is 2.20. The molecule has 1 heterocycles. The van der Waals surface area contributed by atoms with Crippen molar-refractivity contribution in [3.8, 4) is 17.2 Å². The van der Waals surface area contributed by atoms with Crippen molar-refractivity contribution in [2.24, 2.45) is 0 Å². The Balaban J connectivity index is 1.42. The Kier molecular flexibility index (Phi) is 6.56. The van der Waals surface area contributed by atoms with Crippen molar-refractivity contribution in [3.05, 3.63) is 59.2 Å². The summed E-state index contributed by atoms with van der Waals surface area (Å²) < 4.78 is 16.5. The van der Waals surface area contributed by atoms with Crippen LogP contribution in [0.2, 0.25) is 0 Å². The number of amides is 1. The normalized spacial score (nSPS) is 13.5. The van der Waals surface area contributed by atoms with Crippen LogP contribution in [0.4, 0.5) is 0 Å². The lowest BCUT2D eigenvalue weighted by Crippen LogP contribution is -2.38. The molecule has 0 unspecified atom stereocenters. The Morgan fingerprint density at radius 3 is 2.38 bits per heavy atom. The van der Waals surface area contributed by atoms with Crippen LogP contribution >= 0.6 is 0 Å². The van der Waals surface area contributed by atoms with Gasteiger partial charge in [-0.15, -0.1) is 0 Å². The average molecular weight is 432 g/mol. The number of ether oxygens (including phenoxy) is 3. The molecule has 0 aliphatic carbocycles. The third-order valence-electron chi connectivity index (χ3n) is 6.16. The largest absolute Gasteiger partial charge is 0.495 e. The molecule has 6 nitrogen and oxygen atoms in total. The Labute approximate surface area is 189 Å². The van der Waals surface area contributed by atoms with E-state index in [1.165, 1.54) is 11.1 Å². The fourth-order valence-electron chi connectivity index (χ4n) is 4.47. The number of rotatable bonds is 7. The summed E-state index contributed by atoms with van der Waals surface area (Å²) in [6, 6.07) is 14.0. The lowest BCUT2D eigenvalue weighted by atomic mass is 9.87. The topological polar surface area (TPSA) is 60.0 Å². The molecule has 0 radical (unpaired) electrons. The molecule has 1 amide bonds. The molecule has 1 N–H and O–H groups in total. The molecule has 166 valence electrons. The lowest BCUT2D eigenvalue weighted by Gasteiger charge is -2.29. The number of carbonyl (C=O) groups excluding carboxylic acids is 1. The second-order valence-electron chi connectivity index (χ2n) is 8.08. The highest BCUT2D eigenvalue weighted by Crippen LogP contribution is 2.33. The average Bonchev–Trinajstić information content (AvgIpc) is 2.83. The number of methoxy groups -OCH3 is 3. The smallest absolute Gasteiger partial charge is 0.255 e. The van der Waals surface area contributed by atoms with E-state index in [4.69, 9.17) is 14.2 Å². The van der Waals surface area contributed by atoms with Crippen molar-refractivity contribution in [2.45, 2.75) is 13.0 Å². The predicted molar refractivity (Wildman–Crippen MR) is 130 cm³/mol. The molecule has 1 aliphatic rings. The van der Waals surface area contributed by atoms with Gasteiger partial charge in [0.15, 0.2) is 11.5 Å². The first-order chi connectivity index (χ1) is 15.5. The SMILES string of the molecule is Bc1cc(C(=O)NCCN2CCc3cc(OC)c(OC)cc3C2)c(OC)c2ccccc12. The van der Waals surface area contributed by atoms with Gasteiger partial charge >= 0.3 is 0 Å². The zero-order valence-electron chi connectivity index (χ0n) is 19.2. The van der Waals surface area contributed by atoms with Gasteiger partial charge in [-0.3, -0.25) is 9.69 Å². The molecular formula is C25H29BN2O4. The first-order valence-corrected chi connectivity index (χ1v) is 10.9. The third kappa shape index (κ3) is 4.25. The molecule has 4 rings (SSSR count). The minimum Gasteiger partial charge on any atom is -0.495 e. The van der Waals surface area contributed by atoms with E-state index in [1.807, 2.05) is 38.2 Å². The van der Waals surface area contributed by atoms with E-state index < -0.39 is 0 Å². The molecule has 0 fully saturated rings. The molecule has 0 aromatic heterocycles. The van der Waals surface area contributed by atoms with E-state index in [2.05, 4.69) is 22.3 Å². The van der Waals surface area contributed by atoms with Gasteiger partial charge in [0.25, 0.3) is 5.91 Å². The van der Waals surface area contributed by atoms with Crippen molar-refractivity contribution < 1.29 is 19.0 Å². The van der Waals surface area contributed by atoms with Crippen LogP contribution in [0.15, 0.2) is 42.5 Å². The van der Waals surface area contributed by atoms with Crippen LogP contribution in [0, 0.1) is 0 Å². The number of hydrogen-bond donors (Lipinski definition) is 1. The van der Waals surface area contributed by atoms with Crippen LogP contribution < -0.4 is 25.0 Å². The minimum atomic E-state index is -0.112. The number of benzene rings is 3. The van der Waals surface area contributed by atoms with Gasteiger partial charge in [0, 0.05) is 31.6 Å². The summed E-state index contributed by atoms with van der Waals surface area (Å²) in [4.78, 5) is 15.3. The first kappa shape index (κ1) is 22.0. The monoisotopic (exact) mass is 432 g/mol. The second-order valence-corrected chi connectivity index (χ2v) is 8.08. The summed E-state index contributed by atoms with van der Waals surface area (Å²) in [7, 11) is 6.95. The predicted octanol–water partition coefficient (Wildman–Crippen LogP) is 1.91. The number of hydrogen-bond acceptors (Lipinski definition) is 5. The number of carbonyl (C=O) groups is 1. The lowest BCUT2D eigenvalue weighted by molar-refractivity contribution is 0.0944. The van der Waals surface area contributed by atoms with Crippen LogP contribution in [-0.4, -0.2) is 59.6 Å². The van der Waals surface area contributed by atoms with Gasteiger partial charge in [0.2, 0.25) is 0 Å². The summed E-state index contributed by atoms with van der Waals surface area (Å²) >= 11 is 0. The van der Waals surface area contributed by atoms with Crippen molar-refractivity contribution in [2.75, 3.05) is 41.0 Å². The van der Waals surface area contributed by atoms with Crippen LogP contribution in [0.3, 0.4) is 0 Å². The van der Waals surface area contributed by atoms with Gasteiger partial charge in [-0.2, -0.15) is 0 Å². The maximum Gasteiger partial charge on any atom is 0.255 e. The van der Waals surface area contributed by atoms with Crippen molar-refractivity contribution in [1.29, 1.82) is 0 Å². The maximum absolute atomic E-state index is 13.0. The standard InChI is InChI=1S/C25H29BN2O4/c1-30-22-12-16-8-10-28(15-17(16)13-23(22)31-2)11-9-27-25(29)20-14-21(26)18-6-4-5-7-19(18)24(20)32-3/h4-7,12-14H,8-11,15,26H2,1-3H3,(H,27,29). The van der Waals surface area contributed by atoms with E-state index in [9.17, 15) is 4.79 Å². The molecule has 32 heavy (non-hydrogen) atoms. The number of fused-ring (bicyclic) bond motifs is 2. The first-order valence-electron chi connectivity index (χ1n) is 10.9. The molecule has 3 aromatic carbocycles. The van der Waals surface area contributed by atoms with Crippen molar-refractivity contribution >= 4 is 30.0 Å². The fraction of sp³-hybridized carbons (Fsp3) is 0.320. The zero-order chi connectivity index (χ0) is 22.7. The summed E-state index contributed by atoms with van der Waals surface area (Å²) in [5.41, 5.74) is 4.17. The van der Waals surface area contributed by atoms with E-state index >= 15 is 0 Å². The van der Waals surface area contributed by atoms with Gasteiger partial charge in [-0.05, 0) is 35.1 Å². The highest BCUT2D eigenvalue weighted by atomic mass is 16.5. The summed E-state index contributed by atoms with van der Waals surface area (Å²) in [5, 5.41) is 5.13. The fourth-order valence-corrected chi connectivity index (χ4v) is 4.47. The Hall–Kier alpha value is -3.19.